The van der Waals surface area contributed by atoms with Gasteiger partial charge in [0.15, 0.2) is 0 Å². The Balaban J connectivity index is 2.34. The van der Waals surface area contributed by atoms with Crippen LogP contribution in [0.3, 0.4) is 0 Å². The molecular weight excluding hydrogens is 278 g/mol. The Bertz CT molecular complexity index is 407. The van der Waals surface area contributed by atoms with E-state index in [0.29, 0.717) is 36.6 Å². The van der Waals surface area contributed by atoms with Crippen LogP contribution in [0.5, 0.6) is 0 Å². The standard InChI is InChI=1S/C9H10BrN3O3/c10-7-5-8(13(14)15)9(11-6-7)12-1-3-16-4-2-12/h5-6H,1-4H2/p+1. The number of hydrogen-bond donors (Lipinski definition) is 0. The fraction of sp³-hybridized carbons (Fsp3) is 0.444. The lowest BCUT2D eigenvalue weighted by Gasteiger charge is -2.20. The summed E-state index contributed by atoms with van der Waals surface area (Å²) in [4.78, 5) is 15.4. The van der Waals surface area contributed by atoms with Crippen molar-refractivity contribution in [1.29, 1.82) is 0 Å². The Kier molecular flexibility index (Phi) is 3.35. The predicted octanol–water partition coefficient (Wildman–Crippen LogP) is 1.01. The van der Waals surface area contributed by atoms with Crippen molar-refractivity contribution in [2.75, 3.05) is 31.2 Å². The van der Waals surface area contributed by atoms with E-state index in [0.717, 1.165) is 0 Å². The molecule has 0 spiro atoms. The second-order valence-corrected chi connectivity index (χ2v) is 4.32. The quantitative estimate of drug-likeness (QED) is 0.602. The van der Waals surface area contributed by atoms with E-state index in [9.17, 15) is 10.1 Å². The summed E-state index contributed by atoms with van der Waals surface area (Å²) in [6.07, 6.45) is 1.69. The summed E-state index contributed by atoms with van der Waals surface area (Å²) in [5.74, 6) is 0.538. The van der Waals surface area contributed by atoms with E-state index in [1.807, 2.05) is 4.90 Å². The van der Waals surface area contributed by atoms with Crippen molar-refractivity contribution in [3.05, 3.63) is 26.9 Å². The predicted molar refractivity (Wildman–Crippen MR) is 60.4 cm³/mol. The van der Waals surface area contributed by atoms with E-state index in [1.54, 1.807) is 6.20 Å². The van der Waals surface area contributed by atoms with Crippen LogP contribution in [0.15, 0.2) is 16.7 Å². The van der Waals surface area contributed by atoms with Crippen molar-refractivity contribution in [3.63, 3.8) is 0 Å². The van der Waals surface area contributed by atoms with Gasteiger partial charge in [-0.1, -0.05) is 0 Å². The number of aromatic amines is 1. The molecule has 1 aromatic rings. The Hall–Kier alpha value is -1.21. The van der Waals surface area contributed by atoms with Gasteiger partial charge in [-0.15, -0.1) is 0 Å². The maximum atomic E-state index is 10.9. The molecule has 0 unspecified atom stereocenters. The number of H-pyrrole nitrogens is 1. The van der Waals surface area contributed by atoms with Crippen LogP contribution in [-0.4, -0.2) is 31.2 Å². The average Bonchev–Trinajstić information content (AvgIpc) is 2.30. The zero-order valence-corrected chi connectivity index (χ0v) is 10.1. The molecule has 7 heteroatoms. The summed E-state index contributed by atoms with van der Waals surface area (Å²) < 4.78 is 5.87. The molecule has 16 heavy (non-hydrogen) atoms. The van der Waals surface area contributed by atoms with Crippen molar-refractivity contribution in [3.8, 4) is 0 Å². The molecule has 0 atom stereocenters. The number of pyridine rings is 1. The van der Waals surface area contributed by atoms with Crippen molar-refractivity contribution in [1.82, 2.24) is 0 Å². The van der Waals surface area contributed by atoms with Gasteiger partial charge in [0.1, 0.15) is 19.3 Å². The first-order chi connectivity index (χ1) is 7.68. The molecule has 0 radical (unpaired) electrons. The molecule has 0 aromatic carbocycles. The first-order valence-corrected chi connectivity index (χ1v) is 5.66. The van der Waals surface area contributed by atoms with Crippen LogP contribution in [0.4, 0.5) is 11.5 Å². The third kappa shape index (κ3) is 2.30. The van der Waals surface area contributed by atoms with Gasteiger partial charge in [0.25, 0.3) is 0 Å². The Morgan fingerprint density at radius 2 is 2.19 bits per heavy atom. The van der Waals surface area contributed by atoms with Crippen molar-refractivity contribution in [2.45, 2.75) is 0 Å². The highest BCUT2D eigenvalue weighted by atomic mass is 79.9. The molecule has 1 aliphatic rings. The monoisotopic (exact) mass is 288 g/mol. The van der Waals surface area contributed by atoms with Gasteiger partial charge >= 0.3 is 11.5 Å². The SMILES string of the molecule is O=[N+]([O-])c1cc(Br)c[nH+]c1N1CCOCC1. The van der Waals surface area contributed by atoms with E-state index >= 15 is 0 Å². The van der Waals surface area contributed by atoms with Gasteiger partial charge in [-0.2, -0.15) is 0 Å². The van der Waals surface area contributed by atoms with Gasteiger partial charge in [0, 0.05) is 6.07 Å². The number of nitro groups is 1. The number of anilines is 1. The molecule has 0 saturated carbocycles. The van der Waals surface area contributed by atoms with Gasteiger partial charge in [0.2, 0.25) is 0 Å². The van der Waals surface area contributed by atoms with Crippen LogP contribution in [0, 0.1) is 10.1 Å². The van der Waals surface area contributed by atoms with Gasteiger partial charge in [0.05, 0.1) is 22.6 Å². The number of rotatable bonds is 2. The van der Waals surface area contributed by atoms with Crippen molar-refractivity contribution >= 4 is 27.4 Å². The Morgan fingerprint density at radius 3 is 2.81 bits per heavy atom. The zero-order chi connectivity index (χ0) is 11.5. The normalized spacial score (nSPS) is 16.2. The van der Waals surface area contributed by atoms with Crippen LogP contribution in [0.1, 0.15) is 0 Å². The lowest BCUT2D eigenvalue weighted by atomic mass is 10.3. The first kappa shape index (κ1) is 11.3. The van der Waals surface area contributed by atoms with E-state index in [1.165, 1.54) is 6.07 Å². The number of hydrogen-bond acceptors (Lipinski definition) is 4. The minimum absolute atomic E-state index is 0.0799. The van der Waals surface area contributed by atoms with Gasteiger partial charge in [-0.25, -0.2) is 4.98 Å². The van der Waals surface area contributed by atoms with Gasteiger partial charge in [-0.3, -0.25) is 15.0 Å². The largest absolute Gasteiger partial charge is 0.373 e. The third-order valence-corrected chi connectivity index (χ3v) is 2.85. The second kappa shape index (κ2) is 4.75. The molecule has 0 amide bonds. The number of ether oxygens (including phenoxy) is 1. The van der Waals surface area contributed by atoms with Crippen molar-refractivity contribution in [2.24, 2.45) is 0 Å². The Morgan fingerprint density at radius 1 is 1.50 bits per heavy atom. The lowest BCUT2D eigenvalue weighted by Crippen LogP contribution is -2.39. The maximum Gasteiger partial charge on any atom is 0.358 e. The minimum atomic E-state index is -0.383. The molecule has 2 rings (SSSR count). The molecule has 86 valence electrons. The van der Waals surface area contributed by atoms with E-state index in [2.05, 4.69) is 20.9 Å². The highest BCUT2D eigenvalue weighted by Gasteiger charge is 2.29. The molecule has 1 saturated heterocycles. The zero-order valence-electron chi connectivity index (χ0n) is 8.48. The maximum absolute atomic E-state index is 10.9. The summed E-state index contributed by atoms with van der Waals surface area (Å²) in [5.41, 5.74) is 0.0799. The second-order valence-electron chi connectivity index (χ2n) is 3.41. The van der Waals surface area contributed by atoms with Crippen molar-refractivity contribution < 1.29 is 14.6 Å². The van der Waals surface area contributed by atoms with Crippen LogP contribution in [0.25, 0.3) is 0 Å². The lowest BCUT2D eigenvalue weighted by molar-refractivity contribution is -0.412. The molecule has 6 nitrogen and oxygen atoms in total. The van der Waals surface area contributed by atoms with E-state index in [-0.39, 0.29) is 10.6 Å². The number of halogens is 1. The van der Waals surface area contributed by atoms with Crippen LogP contribution in [-0.2, 0) is 4.74 Å². The molecule has 1 aliphatic heterocycles. The molecule has 1 fully saturated rings. The highest BCUT2D eigenvalue weighted by Crippen LogP contribution is 2.26. The van der Waals surface area contributed by atoms with Crippen LogP contribution < -0.4 is 9.88 Å². The average molecular weight is 289 g/mol. The number of nitrogens with one attached hydrogen (secondary N) is 1. The van der Waals surface area contributed by atoms with E-state index in [4.69, 9.17) is 4.74 Å². The summed E-state index contributed by atoms with van der Waals surface area (Å²) in [7, 11) is 0. The summed E-state index contributed by atoms with van der Waals surface area (Å²) in [6.45, 7) is 2.53. The van der Waals surface area contributed by atoms with E-state index < -0.39 is 0 Å². The third-order valence-electron chi connectivity index (χ3n) is 2.39. The highest BCUT2D eigenvalue weighted by molar-refractivity contribution is 9.10. The summed E-state index contributed by atoms with van der Waals surface area (Å²) in [6, 6.07) is 1.50. The first-order valence-electron chi connectivity index (χ1n) is 4.87. The Labute approximate surface area is 100 Å². The molecule has 1 N–H and O–H groups in total. The van der Waals surface area contributed by atoms with Gasteiger partial charge in [-0.05, 0) is 15.9 Å². The smallest absolute Gasteiger partial charge is 0.358 e. The molecule has 0 aliphatic carbocycles. The fourth-order valence-corrected chi connectivity index (χ4v) is 1.96. The van der Waals surface area contributed by atoms with Crippen LogP contribution in [0.2, 0.25) is 0 Å². The van der Waals surface area contributed by atoms with Crippen LogP contribution >= 0.6 is 15.9 Å². The molecule has 0 bridgehead atoms. The summed E-state index contributed by atoms with van der Waals surface area (Å²) in [5, 5.41) is 10.9. The fourth-order valence-electron chi connectivity index (χ4n) is 1.63. The summed E-state index contributed by atoms with van der Waals surface area (Å²) >= 11 is 3.21. The number of morpholine rings is 1. The molecule has 1 aromatic heterocycles. The minimum Gasteiger partial charge on any atom is -0.373 e. The number of nitrogens with zero attached hydrogens (tertiary/aromatic N) is 2. The number of aromatic nitrogens is 1. The molecule has 2 heterocycles. The molecular formula is C9H11BrN3O3+. The van der Waals surface area contributed by atoms with Gasteiger partial charge < -0.3 is 4.74 Å². The topological polar surface area (TPSA) is 69.8 Å².